The molecule has 2 bridgehead atoms. The lowest BCUT2D eigenvalue weighted by Gasteiger charge is -2.11. The Balaban J connectivity index is 1.59. The van der Waals surface area contributed by atoms with Crippen molar-refractivity contribution in [1.82, 2.24) is 9.55 Å². The van der Waals surface area contributed by atoms with E-state index < -0.39 is 5.97 Å². The van der Waals surface area contributed by atoms with Crippen LogP contribution < -0.4 is 5.73 Å². The SMILES string of the molecule is CCOC(=O)c1ncn(C2C3C4CCC(C4)C32)c1N. The lowest BCUT2D eigenvalue weighted by atomic mass is 10.0. The number of rotatable bonds is 3. The highest BCUT2D eigenvalue weighted by Gasteiger charge is 2.66. The molecule has 3 fully saturated rings. The van der Waals surface area contributed by atoms with Gasteiger partial charge in [0.25, 0.3) is 0 Å². The number of fused-ring (bicyclic) bond motifs is 5. The molecule has 4 atom stereocenters. The van der Waals surface area contributed by atoms with E-state index in [1.54, 1.807) is 13.3 Å². The summed E-state index contributed by atoms with van der Waals surface area (Å²) < 4.78 is 7.00. The van der Waals surface area contributed by atoms with E-state index in [0.717, 1.165) is 23.7 Å². The molecule has 0 radical (unpaired) electrons. The highest BCUT2D eigenvalue weighted by atomic mass is 16.5. The second-order valence-corrected chi connectivity index (χ2v) is 6.08. The summed E-state index contributed by atoms with van der Waals surface area (Å²) in [6.07, 6.45) is 5.89. The Morgan fingerprint density at radius 1 is 1.47 bits per heavy atom. The summed E-state index contributed by atoms with van der Waals surface area (Å²) in [5, 5.41) is 0. The molecular weight excluding hydrogens is 242 g/mol. The number of hydrogen-bond acceptors (Lipinski definition) is 4. The van der Waals surface area contributed by atoms with E-state index in [2.05, 4.69) is 4.98 Å². The molecule has 1 aromatic heterocycles. The zero-order valence-electron chi connectivity index (χ0n) is 11.1. The fourth-order valence-electron chi connectivity index (χ4n) is 4.62. The Morgan fingerprint density at radius 3 is 2.79 bits per heavy atom. The van der Waals surface area contributed by atoms with Crippen LogP contribution >= 0.6 is 0 Å². The number of nitrogens with two attached hydrogens (primary N) is 1. The topological polar surface area (TPSA) is 70.1 Å². The van der Waals surface area contributed by atoms with Crippen molar-refractivity contribution in [1.29, 1.82) is 0 Å². The van der Waals surface area contributed by atoms with Gasteiger partial charge in [0.05, 0.1) is 12.9 Å². The standard InChI is InChI=1S/C14H19N3O2/c1-2-19-14(18)11-13(15)17(6-16-11)12-9-7-3-4-8(5-7)10(9)12/h6-10,12H,2-5,15H2,1H3. The third-order valence-corrected chi connectivity index (χ3v) is 5.32. The van der Waals surface area contributed by atoms with Gasteiger partial charge in [-0.25, -0.2) is 9.78 Å². The van der Waals surface area contributed by atoms with E-state index in [4.69, 9.17) is 10.5 Å². The molecule has 0 aliphatic heterocycles. The van der Waals surface area contributed by atoms with Crippen molar-refractivity contribution >= 4 is 11.8 Å². The van der Waals surface area contributed by atoms with Crippen molar-refractivity contribution < 1.29 is 9.53 Å². The summed E-state index contributed by atoms with van der Waals surface area (Å²) in [6, 6.07) is 0.488. The minimum atomic E-state index is -0.410. The Hall–Kier alpha value is -1.52. The molecular formula is C14H19N3O2. The van der Waals surface area contributed by atoms with Gasteiger partial charge in [-0.1, -0.05) is 0 Å². The lowest BCUT2D eigenvalue weighted by molar-refractivity contribution is 0.0521. The van der Waals surface area contributed by atoms with Crippen LogP contribution in [0.3, 0.4) is 0 Å². The molecule has 3 saturated carbocycles. The first-order valence-corrected chi connectivity index (χ1v) is 7.21. The van der Waals surface area contributed by atoms with E-state index in [1.807, 2.05) is 4.57 Å². The van der Waals surface area contributed by atoms with Crippen molar-refractivity contribution in [3.8, 4) is 0 Å². The number of imidazole rings is 1. The Bertz CT molecular complexity index is 523. The van der Waals surface area contributed by atoms with Crippen LogP contribution in [0, 0.1) is 23.7 Å². The van der Waals surface area contributed by atoms with Crippen molar-refractivity contribution in [3.05, 3.63) is 12.0 Å². The van der Waals surface area contributed by atoms with Gasteiger partial charge in [-0.05, 0) is 49.9 Å². The second kappa shape index (κ2) is 3.74. The second-order valence-electron chi connectivity index (χ2n) is 6.08. The molecule has 4 unspecified atom stereocenters. The predicted molar refractivity (Wildman–Crippen MR) is 69.4 cm³/mol. The van der Waals surface area contributed by atoms with Crippen LogP contribution in [0.1, 0.15) is 42.7 Å². The molecule has 0 amide bonds. The highest BCUT2D eigenvalue weighted by Crippen LogP contribution is 2.71. The first kappa shape index (κ1) is 11.3. The van der Waals surface area contributed by atoms with Gasteiger partial charge in [-0.2, -0.15) is 0 Å². The summed E-state index contributed by atoms with van der Waals surface area (Å²) in [5.41, 5.74) is 6.37. The number of carbonyl (C=O) groups is 1. The number of esters is 1. The Morgan fingerprint density at radius 2 is 2.16 bits per heavy atom. The van der Waals surface area contributed by atoms with Gasteiger partial charge < -0.3 is 15.0 Å². The van der Waals surface area contributed by atoms with Crippen LogP contribution in [-0.2, 0) is 4.74 Å². The molecule has 0 aromatic carbocycles. The zero-order valence-corrected chi connectivity index (χ0v) is 11.1. The number of nitrogens with zero attached hydrogens (tertiary/aromatic N) is 2. The number of hydrogen-bond donors (Lipinski definition) is 1. The summed E-state index contributed by atoms with van der Waals surface area (Å²) in [6.45, 7) is 2.14. The maximum atomic E-state index is 11.7. The average Bonchev–Trinajstić information content (AvgIpc) is 2.76. The lowest BCUT2D eigenvalue weighted by Crippen LogP contribution is -2.11. The smallest absolute Gasteiger partial charge is 0.360 e. The average molecular weight is 261 g/mol. The molecule has 1 heterocycles. The fraction of sp³-hybridized carbons (Fsp3) is 0.714. The maximum absolute atomic E-state index is 11.7. The molecule has 0 saturated heterocycles. The third-order valence-electron chi connectivity index (χ3n) is 5.32. The van der Waals surface area contributed by atoms with Gasteiger partial charge in [-0.3, -0.25) is 0 Å². The molecule has 2 N–H and O–H groups in total. The third kappa shape index (κ3) is 1.41. The molecule has 19 heavy (non-hydrogen) atoms. The van der Waals surface area contributed by atoms with Crippen LogP contribution in [-0.4, -0.2) is 22.1 Å². The van der Waals surface area contributed by atoms with Crippen molar-refractivity contribution in [2.24, 2.45) is 23.7 Å². The summed E-state index contributed by atoms with van der Waals surface area (Å²) in [5.74, 6) is 3.40. The summed E-state index contributed by atoms with van der Waals surface area (Å²) in [7, 11) is 0. The van der Waals surface area contributed by atoms with Crippen molar-refractivity contribution in [3.63, 3.8) is 0 Å². The van der Waals surface area contributed by atoms with Gasteiger partial charge in [-0.15, -0.1) is 0 Å². The summed E-state index contributed by atoms with van der Waals surface area (Å²) >= 11 is 0. The van der Waals surface area contributed by atoms with Gasteiger partial charge in [0.1, 0.15) is 5.82 Å². The first-order chi connectivity index (χ1) is 9.22. The predicted octanol–water partition coefficient (Wildman–Crippen LogP) is 1.86. The van der Waals surface area contributed by atoms with E-state index in [0.29, 0.717) is 18.5 Å². The van der Waals surface area contributed by atoms with E-state index in [9.17, 15) is 4.79 Å². The Kier molecular flexibility index (Phi) is 2.23. The zero-order chi connectivity index (χ0) is 13.1. The largest absolute Gasteiger partial charge is 0.461 e. The number of anilines is 1. The van der Waals surface area contributed by atoms with Crippen LogP contribution in [0.2, 0.25) is 0 Å². The van der Waals surface area contributed by atoms with Gasteiger partial charge in [0.15, 0.2) is 5.69 Å². The molecule has 5 heteroatoms. The van der Waals surface area contributed by atoms with E-state index >= 15 is 0 Å². The van der Waals surface area contributed by atoms with Crippen molar-refractivity contribution in [2.45, 2.75) is 32.2 Å². The van der Waals surface area contributed by atoms with Gasteiger partial charge in [0.2, 0.25) is 0 Å². The molecule has 5 nitrogen and oxygen atoms in total. The minimum Gasteiger partial charge on any atom is -0.461 e. The van der Waals surface area contributed by atoms with Crippen LogP contribution in [0.25, 0.3) is 0 Å². The number of nitrogen functional groups attached to an aromatic ring is 1. The van der Waals surface area contributed by atoms with E-state index in [-0.39, 0.29) is 5.69 Å². The quantitative estimate of drug-likeness (QED) is 0.843. The Labute approximate surface area is 112 Å². The van der Waals surface area contributed by atoms with Gasteiger partial charge in [0, 0.05) is 6.04 Å². The number of carbonyl (C=O) groups excluding carboxylic acids is 1. The van der Waals surface area contributed by atoms with Crippen molar-refractivity contribution in [2.75, 3.05) is 12.3 Å². The fourth-order valence-corrected chi connectivity index (χ4v) is 4.62. The molecule has 1 aromatic rings. The maximum Gasteiger partial charge on any atom is 0.360 e. The minimum absolute atomic E-state index is 0.277. The highest BCUT2D eigenvalue weighted by molar-refractivity contribution is 5.92. The molecule has 3 aliphatic rings. The monoisotopic (exact) mass is 261 g/mol. The van der Waals surface area contributed by atoms with Crippen LogP contribution in [0.15, 0.2) is 6.33 Å². The number of aromatic nitrogens is 2. The first-order valence-electron chi connectivity index (χ1n) is 7.21. The molecule has 0 spiro atoms. The van der Waals surface area contributed by atoms with E-state index in [1.165, 1.54) is 19.3 Å². The normalized spacial score (nSPS) is 38.3. The summed E-state index contributed by atoms with van der Waals surface area (Å²) in [4.78, 5) is 15.9. The van der Waals surface area contributed by atoms with Gasteiger partial charge >= 0.3 is 5.97 Å². The van der Waals surface area contributed by atoms with Crippen LogP contribution in [0.5, 0.6) is 0 Å². The molecule has 102 valence electrons. The molecule has 3 aliphatic carbocycles. The van der Waals surface area contributed by atoms with Crippen LogP contribution in [0.4, 0.5) is 5.82 Å². The molecule has 4 rings (SSSR count). The number of ether oxygens (including phenoxy) is 1.